The summed E-state index contributed by atoms with van der Waals surface area (Å²) in [5.41, 5.74) is 0. The zero-order valence-corrected chi connectivity index (χ0v) is 14.2. The first kappa shape index (κ1) is 17.9. The fourth-order valence-electron chi connectivity index (χ4n) is 2.41. The minimum absolute atomic E-state index is 0.182. The van der Waals surface area contributed by atoms with Crippen LogP contribution in [0, 0.1) is 5.92 Å². The Labute approximate surface area is 123 Å². The van der Waals surface area contributed by atoms with Crippen LogP contribution in [0.15, 0.2) is 0 Å². The molecule has 0 amide bonds. The standard InChI is InChI=1S/C12H26N2O4S2/c1-4-20(17,18)9-8-14-7-5-6-12(11-14)10-13(2)19(3,15)16/h12H,4-11H2,1-3H3/t12-/m0/s1. The topological polar surface area (TPSA) is 74.8 Å². The van der Waals surface area contributed by atoms with Crippen molar-refractivity contribution in [3.8, 4) is 0 Å². The summed E-state index contributed by atoms with van der Waals surface area (Å²) < 4.78 is 47.2. The molecule has 0 radical (unpaired) electrons. The van der Waals surface area contributed by atoms with Gasteiger partial charge in [-0.25, -0.2) is 21.1 Å². The van der Waals surface area contributed by atoms with Crippen LogP contribution in [0.4, 0.5) is 0 Å². The van der Waals surface area contributed by atoms with Crippen molar-refractivity contribution in [2.24, 2.45) is 5.92 Å². The summed E-state index contributed by atoms with van der Waals surface area (Å²) in [5.74, 6) is 0.659. The zero-order chi connectivity index (χ0) is 15.4. The van der Waals surface area contributed by atoms with Gasteiger partial charge in [-0.05, 0) is 25.3 Å². The second-order valence-corrected chi connectivity index (χ2v) is 10.2. The van der Waals surface area contributed by atoms with Crippen LogP contribution in [0.2, 0.25) is 0 Å². The third-order valence-electron chi connectivity index (χ3n) is 3.84. The largest absolute Gasteiger partial charge is 0.302 e. The van der Waals surface area contributed by atoms with Crippen molar-refractivity contribution in [1.29, 1.82) is 0 Å². The molecule has 1 saturated heterocycles. The SMILES string of the molecule is CCS(=O)(=O)CCN1CCC[C@@H](CN(C)S(C)(=O)=O)C1. The van der Waals surface area contributed by atoms with Gasteiger partial charge < -0.3 is 4.90 Å². The molecule has 6 nitrogen and oxygen atoms in total. The molecular formula is C12H26N2O4S2. The van der Waals surface area contributed by atoms with Crippen LogP contribution in [0.25, 0.3) is 0 Å². The molecule has 0 aromatic heterocycles. The molecule has 1 atom stereocenters. The van der Waals surface area contributed by atoms with Crippen molar-refractivity contribution in [3.63, 3.8) is 0 Å². The maximum absolute atomic E-state index is 11.5. The number of piperidine rings is 1. The molecule has 0 aliphatic carbocycles. The van der Waals surface area contributed by atoms with Crippen molar-refractivity contribution in [1.82, 2.24) is 9.21 Å². The van der Waals surface area contributed by atoms with Crippen LogP contribution in [-0.2, 0) is 19.9 Å². The van der Waals surface area contributed by atoms with E-state index in [0.717, 1.165) is 25.9 Å². The highest BCUT2D eigenvalue weighted by molar-refractivity contribution is 7.91. The molecular weight excluding hydrogens is 300 g/mol. The molecule has 120 valence electrons. The molecule has 20 heavy (non-hydrogen) atoms. The number of hydrogen-bond donors (Lipinski definition) is 0. The van der Waals surface area contributed by atoms with Gasteiger partial charge in [-0.15, -0.1) is 0 Å². The van der Waals surface area contributed by atoms with Crippen LogP contribution in [0.1, 0.15) is 19.8 Å². The van der Waals surface area contributed by atoms with E-state index in [9.17, 15) is 16.8 Å². The number of rotatable bonds is 7. The van der Waals surface area contributed by atoms with Gasteiger partial charge in [0.2, 0.25) is 10.0 Å². The maximum Gasteiger partial charge on any atom is 0.210 e. The third-order valence-corrected chi connectivity index (χ3v) is 6.81. The lowest BCUT2D eigenvalue weighted by Gasteiger charge is -2.34. The van der Waals surface area contributed by atoms with Crippen molar-refractivity contribution in [2.45, 2.75) is 19.8 Å². The van der Waals surface area contributed by atoms with E-state index in [-0.39, 0.29) is 17.4 Å². The number of sulfonamides is 1. The Morgan fingerprint density at radius 1 is 1.25 bits per heavy atom. The quantitative estimate of drug-likeness (QED) is 0.659. The first-order chi connectivity index (χ1) is 9.14. The Morgan fingerprint density at radius 3 is 2.45 bits per heavy atom. The predicted octanol–water partition coefficient (Wildman–Crippen LogP) is 0.0245. The molecule has 1 rings (SSSR count). The minimum atomic E-state index is -3.14. The Balaban J connectivity index is 2.47. The number of sulfone groups is 1. The number of hydrogen-bond acceptors (Lipinski definition) is 5. The lowest BCUT2D eigenvalue weighted by Crippen LogP contribution is -2.42. The normalized spacial score (nSPS) is 22.3. The fraction of sp³-hybridized carbons (Fsp3) is 1.00. The summed E-state index contributed by atoms with van der Waals surface area (Å²) in [7, 11) is -4.48. The monoisotopic (exact) mass is 326 g/mol. The molecule has 0 bridgehead atoms. The van der Waals surface area contributed by atoms with E-state index in [1.807, 2.05) is 0 Å². The van der Waals surface area contributed by atoms with Crippen LogP contribution in [0.3, 0.4) is 0 Å². The lowest BCUT2D eigenvalue weighted by atomic mass is 9.98. The highest BCUT2D eigenvalue weighted by Crippen LogP contribution is 2.18. The van der Waals surface area contributed by atoms with E-state index in [4.69, 9.17) is 0 Å². The smallest absolute Gasteiger partial charge is 0.210 e. The molecule has 0 N–H and O–H groups in total. The highest BCUT2D eigenvalue weighted by atomic mass is 32.2. The Kier molecular flexibility index (Phi) is 6.43. The van der Waals surface area contributed by atoms with Crippen LogP contribution in [-0.4, -0.2) is 77.0 Å². The van der Waals surface area contributed by atoms with Gasteiger partial charge in [0.05, 0.1) is 12.0 Å². The van der Waals surface area contributed by atoms with Crippen molar-refractivity contribution in [3.05, 3.63) is 0 Å². The van der Waals surface area contributed by atoms with Gasteiger partial charge in [0.25, 0.3) is 0 Å². The highest BCUT2D eigenvalue weighted by Gasteiger charge is 2.24. The summed E-state index contributed by atoms with van der Waals surface area (Å²) in [5, 5.41) is 0. The molecule has 0 unspecified atom stereocenters. The second-order valence-electron chi connectivity index (χ2n) is 5.59. The van der Waals surface area contributed by atoms with Gasteiger partial charge in [0.1, 0.15) is 0 Å². The second kappa shape index (κ2) is 7.20. The predicted molar refractivity (Wildman–Crippen MR) is 81.0 cm³/mol. The summed E-state index contributed by atoms with van der Waals surface area (Å²) in [6.45, 7) is 4.40. The van der Waals surface area contributed by atoms with Gasteiger partial charge >= 0.3 is 0 Å². The first-order valence-electron chi connectivity index (χ1n) is 6.98. The van der Waals surface area contributed by atoms with Gasteiger partial charge in [-0.2, -0.15) is 0 Å². The Morgan fingerprint density at radius 2 is 1.90 bits per heavy atom. The molecule has 0 saturated carbocycles. The molecule has 1 fully saturated rings. The van der Waals surface area contributed by atoms with Gasteiger partial charge in [0.15, 0.2) is 9.84 Å². The van der Waals surface area contributed by atoms with E-state index in [1.54, 1.807) is 14.0 Å². The van der Waals surface area contributed by atoms with E-state index < -0.39 is 19.9 Å². The minimum Gasteiger partial charge on any atom is -0.302 e. The fourth-order valence-corrected chi connectivity index (χ4v) is 3.72. The molecule has 0 spiro atoms. The number of likely N-dealkylation sites (tertiary alicyclic amines) is 1. The summed E-state index contributed by atoms with van der Waals surface area (Å²) in [4.78, 5) is 2.14. The summed E-state index contributed by atoms with van der Waals surface area (Å²) in [6.07, 6.45) is 3.20. The van der Waals surface area contributed by atoms with Crippen LogP contribution < -0.4 is 0 Å². The van der Waals surface area contributed by atoms with Crippen LogP contribution >= 0.6 is 0 Å². The van der Waals surface area contributed by atoms with Gasteiger partial charge in [-0.1, -0.05) is 6.92 Å². The Bertz CT molecular complexity index is 502. The molecule has 1 aliphatic rings. The molecule has 1 aliphatic heterocycles. The number of nitrogens with zero attached hydrogens (tertiary/aromatic N) is 2. The molecule has 1 heterocycles. The average molecular weight is 326 g/mol. The van der Waals surface area contributed by atoms with Crippen molar-refractivity contribution < 1.29 is 16.8 Å². The lowest BCUT2D eigenvalue weighted by molar-refractivity contribution is 0.169. The van der Waals surface area contributed by atoms with E-state index in [0.29, 0.717) is 13.1 Å². The maximum atomic E-state index is 11.5. The van der Waals surface area contributed by atoms with Crippen LogP contribution in [0.5, 0.6) is 0 Å². The van der Waals surface area contributed by atoms with Gasteiger partial charge in [0, 0.05) is 32.4 Å². The van der Waals surface area contributed by atoms with Crippen molar-refractivity contribution >= 4 is 19.9 Å². The van der Waals surface area contributed by atoms with E-state index in [2.05, 4.69) is 4.90 Å². The summed E-state index contributed by atoms with van der Waals surface area (Å²) in [6, 6.07) is 0. The first-order valence-corrected chi connectivity index (χ1v) is 10.6. The molecule has 0 aromatic carbocycles. The van der Waals surface area contributed by atoms with E-state index >= 15 is 0 Å². The van der Waals surface area contributed by atoms with Crippen molar-refractivity contribution in [2.75, 3.05) is 51.0 Å². The molecule has 8 heteroatoms. The Hall–Kier alpha value is -0.180. The van der Waals surface area contributed by atoms with Gasteiger partial charge in [-0.3, -0.25) is 0 Å². The zero-order valence-electron chi connectivity index (χ0n) is 12.6. The third kappa shape index (κ3) is 6.07. The average Bonchev–Trinajstić information content (AvgIpc) is 2.36. The molecule has 0 aromatic rings. The summed E-state index contributed by atoms with van der Waals surface area (Å²) >= 11 is 0. The van der Waals surface area contributed by atoms with E-state index in [1.165, 1.54) is 10.6 Å².